The zero-order chi connectivity index (χ0) is 32.5. The quantitative estimate of drug-likeness (QED) is 0.275. The molecule has 4 heterocycles. The second-order valence-corrected chi connectivity index (χ2v) is 12.7. The van der Waals surface area contributed by atoms with Crippen molar-refractivity contribution in [3.63, 3.8) is 0 Å². The summed E-state index contributed by atoms with van der Waals surface area (Å²) in [5, 5.41) is 2.94. The van der Waals surface area contributed by atoms with E-state index in [0.717, 1.165) is 28.5 Å². The lowest BCUT2D eigenvalue weighted by Crippen LogP contribution is -2.49. The van der Waals surface area contributed by atoms with E-state index in [0.29, 0.717) is 59.7 Å². The van der Waals surface area contributed by atoms with Crippen LogP contribution in [0.25, 0.3) is 11.1 Å². The molecule has 2 aliphatic heterocycles. The summed E-state index contributed by atoms with van der Waals surface area (Å²) >= 11 is 1.45. The molecule has 45 heavy (non-hydrogen) atoms. The van der Waals surface area contributed by atoms with Gasteiger partial charge in [0.05, 0.1) is 6.54 Å². The van der Waals surface area contributed by atoms with Gasteiger partial charge in [-0.3, -0.25) is 14.5 Å². The summed E-state index contributed by atoms with van der Waals surface area (Å²) in [7, 11) is 1.96. The fraction of sp³-hybridized carbons (Fsp3) is 0.485. The first-order valence-electron chi connectivity index (χ1n) is 15.2. The first-order valence-corrected chi connectivity index (χ1v) is 16.4. The van der Waals surface area contributed by atoms with Gasteiger partial charge in [-0.1, -0.05) is 0 Å². The van der Waals surface area contributed by atoms with E-state index < -0.39 is 12.2 Å². The predicted octanol–water partition coefficient (Wildman–Crippen LogP) is 5.63. The molecular weight excluding hydrogens is 600 g/mol. The van der Waals surface area contributed by atoms with Crippen LogP contribution in [0.15, 0.2) is 40.2 Å². The fourth-order valence-corrected chi connectivity index (χ4v) is 6.77. The number of ether oxygens (including phenoxy) is 2. The Morgan fingerprint density at radius 3 is 2.56 bits per heavy atom. The number of H-pyrrole nitrogens is 1. The average Bonchev–Trinajstić information content (AvgIpc) is 3.39. The maximum absolute atomic E-state index is 13.8. The van der Waals surface area contributed by atoms with E-state index in [1.54, 1.807) is 17.2 Å². The Kier molecular flexibility index (Phi) is 9.74. The molecule has 2 N–H and O–H groups in total. The van der Waals surface area contributed by atoms with Gasteiger partial charge in [-0.05, 0) is 77.2 Å². The highest BCUT2D eigenvalue weighted by Gasteiger charge is 2.47. The van der Waals surface area contributed by atoms with Crippen molar-refractivity contribution in [2.45, 2.75) is 64.2 Å². The van der Waals surface area contributed by atoms with Gasteiger partial charge in [-0.2, -0.15) is 0 Å². The third kappa shape index (κ3) is 6.81. The Morgan fingerprint density at radius 2 is 1.93 bits per heavy atom. The first kappa shape index (κ1) is 32.7. The monoisotopic (exact) mass is 641 g/mol. The topological polar surface area (TPSA) is 99.8 Å². The van der Waals surface area contributed by atoms with Gasteiger partial charge in [-0.15, -0.1) is 11.8 Å². The number of anilines is 1. The minimum absolute atomic E-state index is 0.0414. The smallest absolute Gasteiger partial charge is 0.254 e. The summed E-state index contributed by atoms with van der Waals surface area (Å²) in [4.78, 5) is 38.5. The number of aromatic amines is 1. The van der Waals surface area contributed by atoms with Gasteiger partial charge >= 0.3 is 0 Å². The zero-order valence-corrected chi connectivity index (χ0v) is 27.4. The van der Waals surface area contributed by atoms with Crippen molar-refractivity contribution in [3.05, 3.63) is 63.2 Å². The summed E-state index contributed by atoms with van der Waals surface area (Å²) < 4.78 is 39.2. The number of carbonyl (C=O) groups is 1. The van der Waals surface area contributed by atoms with Crippen molar-refractivity contribution < 1.29 is 23.0 Å². The number of piperidine rings is 1. The van der Waals surface area contributed by atoms with Crippen LogP contribution in [0.5, 0.6) is 11.5 Å². The molecule has 0 saturated carbocycles. The number of nitrogens with one attached hydrogen (secondary N) is 2. The number of rotatable bonds is 10. The molecule has 1 amide bonds. The van der Waals surface area contributed by atoms with Crippen LogP contribution in [0.2, 0.25) is 0 Å². The van der Waals surface area contributed by atoms with Crippen molar-refractivity contribution in [2.75, 3.05) is 44.4 Å². The molecule has 3 aromatic rings. The molecule has 1 unspecified atom stereocenters. The van der Waals surface area contributed by atoms with E-state index in [2.05, 4.69) is 15.3 Å². The molecule has 0 bridgehead atoms. The number of fused-ring (bicyclic) bond motifs is 1. The van der Waals surface area contributed by atoms with E-state index in [9.17, 15) is 18.4 Å². The molecule has 0 spiro atoms. The van der Waals surface area contributed by atoms with Gasteiger partial charge in [0.25, 0.3) is 23.7 Å². The number of alkyl halides is 2. The predicted molar refractivity (Wildman–Crippen MR) is 173 cm³/mol. The molecule has 12 heteroatoms. The molecule has 1 atom stereocenters. The lowest BCUT2D eigenvalue weighted by molar-refractivity contribution is -0.126. The SMILES string of the molecule is CCN(C)c1ccc(-c2cc(C(=O)NCc3c(SC)cc(C)[nH]c3=O)c(C)c3c2OC(C)(C2CCN(CC(F)F)CC2)O3)cn1. The Bertz CT molecular complexity index is 1610. The molecule has 5 rings (SSSR count). The minimum Gasteiger partial charge on any atom is -0.448 e. The molecule has 1 aromatic carbocycles. The van der Waals surface area contributed by atoms with Gasteiger partial charge in [0.2, 0.25) is 0 Å². The fourth-order valence-electron chi connectivity index (χ4n) is 6.07. The molecular formula is C33H41F2N5O4S. The minimum atomic E-state index is -2.37. The normalized spacial score (nSPS) is 18.4. The number of pyridine rings is 2. The third-order valence-corrected chi connectivity index (χ3v) is 9.67. The lowest BCUT2D eigenvalue weighted by atomic mass is 9.89. The van der Waals surface area contributed by atoms with E-state index in [4.69, 9.17) is 9.47 Å². The summed E-state index contributed by atoms with van der Waals surface area (Å²) in [6.45, 7) is 9.24. The Balaban J connectivity index is 1.48. The van der Waals surface area contributed by atoms with Crippen molar-refractivity contribution >= 4 is 23.5 Å². The van der Waals surface area contributed by atoms with Crippen LogP contribution < -0.4 is 25.2 Å². The number of hydrogen-bond donors (Lipinski definition) is 2. The summed E-state index contributed by atoms with van der Waals surface area (Å²) in [6.07, 6.45) is 2.56. The number of thioether (sulfide) groups is 1. The molecule has 0 aliphatic carbocycles. The van der Waals surface area contributed by atoms with Crippen molar-refractivity contribution in [2.24, 2.45) is 5.92 Å². The van der Waals surface area contributed by atoms with Crippen LogP contribution in [-0.4, -0.2) is 72.5 Å². The number of carbonyl (C=O) groups excluding carboxylic acids is 1. The molecule has 0 radical (unpaired) electrons. The first-order chi connectivity index (χ1) is 21.4. The summed E-state index contributed by atoms with van der Waals surface area (Å²) in [5.74, 6) is 0.388. The van der Waals surface area contributed by atoms with Crippen LogP contribution in [0, 0.1) is 19.8 Å². The van der Waals surface area contributed by atoms with Gasteiger partial charge in [0, 0.05) is 77.6 Å². The molecule has 2 aliphatic rings. The second-order valence-electron chi connectivity index (χ2n) is 11.9. The van der Waals surface area contributed by atoms with E-state index >= 15 is 0 Å². The number of aromatic nitrogens is 2. The highest BCUT2D eigenvalue weighted by Crippen LogP contribution is 2.52. The van der Waals surface area contributed by atoms with E-state index in [1.165, 1.54) is 11.8 Å². The number of likely N-dealkylation sites (tertiary alicyclic amines) is 1. The maximum Gasteiger partial charge on any atom is 0.254 e. The zero-order valence-electron chi connectivity index (χ0n) is 26.6. The van der Waals surface area contributed by atoms with E-state index in [1.807, 2.05) is 64.1 Å². The highest BCUT2D eigenvalue weighted by atomic mass is 32.2. The Morgan fingerprint density at radius 1 is 1.22 bits per heavy atom. The number of halogens is 2. The van der Waals surface area contributed by atoms with Crippen LogP contribution in [0.4, 0.5) is 14.6 Å². The van der Waals surface area contributed by atoms with Crippen molar-refractivity contribution in [3.8, 4) is 22.6 Å². The van der Waals surface area contributed by atoms with Crippen LogP contribution in [0.3, 0.4) is 0 Å². The molecule has 2 aromatic heterocycles. The molecule has 9 nitrogen and oxygen atoms in total. The Labute approximate surface area is 266 Å². The molecule has 242 valence electrons. The number of aryl methyl sites for hydroxylation is 1. The van der Waals surface area contributed by atoms with E-state index in [-0.39, 0.29) is 30.5 Å². The van der Waals surface area contributed by atoms with Crippen molar-refractivity contribution in [1.82, 2.24) is 20.2 Å². The Hall–Kier alpha value is -3.64. The average molecular weight is 642 g/mol. The van der Waals surface area contributed by atoms with Crippen molar-refractivity contribution in [1.29, 1.82) is 0 Å². The van der Waals surface area contributed by atoms with Crippen LogP contribution >= 0.6 is 11.8 Å². The van der Waals surface area contributed by atoms with Crippen LogP contribution in [-0.2, 0) is 6.54 Å². The van der Waals surface area contributed by atoms with Gasteiger partial charge in [0.1, 0.15) is 5.82 Å². The number of benzene rings is 1. The van der Waals surface area contributed by atoms with Gasteiger partial charge in [-0.25, -0.2) is 13.8 Å². The summed E-state index contributed by atoms with van der Waals surface area (Å²) in [5.41, 5.74) is 3.44. The van der Waals surface area contributed by atoms with Gasteiger partial charge in [0.15, 0.2) is 11.5 Å². The number of amides is 1. The number of nitrogens with zero attached hydrogens (tertiary/aromatic N) is 3. The van der Waals surface area contributed by atoms with Crippen LogP contribution in [0.1, 0.15) is 53.9 Å². The molecule has 1 fully saturated rings. The second kappa shape index (κ2) is 13.4. The highest BCUT2D eigenvalue weighted by molar-refractivity contribution is 7.98. The third-order valence-electron chi connectivity index (χ3n) is 8.86. The standard InChI is InChI=1S/C33H41F2N5O4S/c1-7-39(5)28-9-8-21(16-36-28)24-15-23(31(41)37-17-25-26(45-6)14-19(2)38-32(25)42)20(3)29-30(24)44-33(4,43-29)22-10-12-40(13-11-22)18-27(34)35/h8-9,14-16,22,27H,7,10-13,17-18H2,1-6H3,(H,37,41)(H,38,42). The lowest BCUT2D eigenvalue weighted by Gasteiger charge is -2.38. The molecule has 1 saturated heterocycles. The number of hydrogen-bond acceptors (Lipinski definition) is 8. The van der Waals surface area contributed by atoms with Gasteiger partial charge < -0.3 is 24.7 Å². The summed E-state index contributed by atoms with van der Waals surface area (Å²) in [6, 6.07) is 7.55. The largest absolute Gasteiger partial charge is 0.448 e. The maximum atomic E-state index is 13.8.